The standard InChI is InChI=1S/C29H29N7O2/c1-17-4-7-20(8-5-17)33-26(37)29(10-11-29)27(38)34-21-9-6-18(2)22(15-21)23-14-19-16-32-28(30-3)35-24(19)36-13-12-31-25(23)36/h4-9,14-16,31H,10-13H2,1-3H3,(H,33,37)(H,34,38). The van der Waals surface area contributed by atoms with E-state index in [4.69, 9.17) is 0 Å². The quantitative estimate of drug-likeness (QED) is 0.354. The molecule has 0 saturated heterocycles. The number of fused-ring (bicyclic) bond motifs is 3. The minimum Gasteiger partial charge on any atom is -0.369 e. The summed E-state index contributed by atoms with van der Waals surface area (Å²) >= 11 is 0. The van der Waals surface area contributed by atoms with Crippen molar-refractivity contribution in [3.63, 3.8) is 0 Å². The Labute approximate surface area is 220 Å². The van der Waals surface area contributed by atoms with Gasteiger partial charge in [0.15, 0.2) is 0 Å². The van der Waals surface area contributed by atoms with Crippen LogP contribution < -0.4 is 21.6 Å². The molecule has 38 heavy (non-hydrogen) atoms. The molecule has 0 spiro atoms. The molecule has 0 atom stereocenters. The number of aryl methyl sites for hydroxylation is 2. The van der Waals surface area contributed by atoms with Crippen LogP contribution in [0.25, 0.3) is 22.5 Å². The zero-order valence-electron chi connectivity index (χ0n) is 21.6. The van der Waals surface area contributed by atoms with E-state index in [-0.39, 0.29) is 11.8 Å². The second-order valence-corrected chi connectivity index (χ2v) is 10.0. The molecule has 2 aromatic carbocycles. The lowest BCUT2D eigenvalue weighted by atomic mass is 9.97. The molecule has 3 heterocycles. The molecule has 1 fully saturated rings. The van der Waals surface area contributed by atoms with Crippen LogP contribution in [0, 0.1) is 19.3 Å². The summed E-state index contributed by atoms with van der Waals surface area (Å²) in [7, 11) is 1.68. The van der Waals surface area contributed by atoms with Gasteiger partial charge in [-0.15, -0.1) is 0 Å². The van der Waals surface area contributed by atoms with Crippen LogP contribution in [0.4, 0.5) is 17.2 Å². The van der Waals surface area contributed by atoms with Crippen LogP contribution in [-0.4, -0.2) is 39.9 Å². The lowest BCUT2D eigenvalue weighted by Gasteiger charge is -2.19. The molecule has 0 unspecified atom stereocenters. The van der Waals surface area contributed by atoms with Gasteiger partial charge < -0.3 is 20.5 Å². The number of carbonyl (C=O) groups is 2. The molecule has 3 N–H and O–H groups in total. The van der Waals surface area contributed by atoms with Gasteiger partial charge in [0, 0.05) is 48.8 Å². The van der Waals surface area contributed by atoms with Gasteiger partial charge in [-0.1, -0.05) is 23.8 Å². The average molecular weight is 508 g/mol. The number of pyridine rings is 1. The molecule has 1 saturated carbocycles. The van der Waals surface area contributed by atoms with Crippen molar-refractivity contribution in [3.05, 3.63) is 71.5 Å². The highest BCUT2D eigenvalue weighted by molar-refractivity contribution is 6.17. The number of nitrogens with zero attached hydrogens (tertiary/aromatic N) is 4. The molecular formula is C29H29N7O2. The van der Waals surface area contributed by atoms with Crippen LogP contribution in [0.3, 0.4) is 0 Å². The molecule has 4 aliphatic rings. The normalized spacial score (nSPS) is 15.6. The van der Waals surface area contributed by atoms with Gasteiger partial charge in [0.1, 0.15) is 17.1 Å². The number of hydrogen-bond donors (Lipinski definition) is 3. The zero-order valence-corrected chi connectivity index (χ0v) is 21.6. The first kappa shape index (κ1) is 23.8. The van der Waals surface area contributed by atoms with Gasteiger partial charge in [0.05, 0.1) is 0 Å². The monoisotopic (exact) mass is 507 g/mol. The Morgan fingerprint density at radius 2 is 1.68 bits per heavy atom. The number of nitrogens with one attached hydrogen (secondary N) is 3. The Morgan fingerprint density at radius 3 is 2.39 bits per heavy atom. The lowest BCUT2D eigenvalue weighted by Crippen LogP contribution is -2.35. The van der Waals surface area contributed by atoms with Crippen LogP contribution in [0.15, 0.2) is 59.7 Å². The first-order valence-corrected chi connectivity index (χ1v) is 12.8. The minimum absolute atomic E-state index is 0.266. The van der Waals surface area contributed by atoms with Crippen molar-refractivity contribution in [1.29, 1.82) is 0 Å². The van der Waals surface area contributed by atoms with Crippen molar-refractivity contribution in [2.45, 2.75) is 33.2 Å². The van der Waals surface area contributed by atoms with E-state index in [9.17, 15) is 9.59 Å². The van der Waals surface area contributed by atoms with E-state index in [0.29, 0.717) is 29.8 Å². The van der Waals surface area contributed by atoms with Gasteiger partial charge in [0.25, 0.3) is 0 Å². The maximum absolute atomic E-state index is 13.3. The van der Waals surface area contributed by atoms with Gasteiger partial charge >= 0.3 is 0 Å². The number of rotatable bonds is 5. The first-order chi connectivity index (χ1) is 18.4. The van der Waals surface area contributed by atoms with Gasteiger partial charge in [-0.25, -0.2) is 4.98 Å². The predicted molar refractivity (Wildman–Crippen MR) is 147 cm³/mol. The molecule has 2 amide bonds. The molecular weight excluding hydrogens is 478 g/mol. The summed E-state index contributed by atoms with van der Waals surface area (Å²) in [6, 6.07) is 15.5. The van der Waals surface area contributed by atoms with Gasteiger partial charge in [-0.3, -0.25) is 14.6 Å². The fourth-order valence-electron chi connectivity index (χ4n) is 4.98. The van der Waals surface area contributed by atoms with Gasteiger partial charge in [0.2, 0.25) is 17.4 Å². The largest absolute Gasteiger partial charge is 0.369 e. The lowest BCUT2D eigenvalue weighted by molar-refractivity contribution is -0.131. The summed E-state index contributed by atoms with van der Waals surface area (Å²) in [5, 5.41) is 9.41. The molecule has 2 aromatic rings. The molecule has 1 aliphatic carbocycles. The highest BCUT2D eigenvalue weighted by Gasteiger charge is 2.56. The van der Waals surface area contributed by atoms with Crippen molar-refractivity contribution in [2.24, 2.45) is 10.4 Å². The number of carbonyl (C=O) groups excluding carboxylic acids is 2. The summed E-state index contributed by atoms with van der Waals surface area (Å²) in [4.78, 5) is 39.5. The first-order valence-electron chi connectivity index (χ1n) is 12.8. The van der Waals surface area contributed by atoms with E-state index in [1.807, 2.05) is 56.3 Å². The van der Waals surface area contributed by atoms with Crippen molar-refractivity contribution in [2.75, 3.05) is 29.5 Å². The van der Waals surface area contributed by atoms with E-state index >= 15 is 0 Å². The summed E-state index contributed by atoms with van der Waals surface area (Å²) in [5.74, 6) is 1.26. The summed E-state index contributed by atoms with van der Waals surface area (Å²) in [5.41, 5.74) is 5.83. The topological polar surface area (TPSA) is 113 Å². The van der Waals surface area contributed by atoms with Crippen molar-refractivity contribution < 1.29 is 9.59 Å². The molecule has 9 nitrogen and oxygen atoms in total. The van der Waals surface area contributed by atoms with Crippen molar-refractivity contribution >= 4 is 29.0 Å². The Kier molecular flexibility index (Phi) is 5.71. The number of aromatic nitrogens is 3. The second-order valence-electron chi connectivity index (χ2n) is 10.0. The van der Waals surface area contributed by atoms with E-state index < -0.39 is 5.41 Å². The molecule has 0 aromatic heterocycles. The number of hydrogen-bond acceptors (Lipinski definition) is 6. The van der Waals surface area contributed by atoms with E-state index in [2.05, 4.69) is 41.5 Å². The predicted octanol–water partition coefficient (Wildman–Crippen LogP) is 3.98. The second kappa shape index (κ2) is 9.09. The van der Waals surface area contributed by atoms with E-state index in [1.54, 1.807) is 13.2 Å². The van der Waals surface area contributed by atoms with Crippen molar-refractivity contribution in [3.8, 4) is 22.5 Å². The molecule has 6 rings (SSSR count). The smallest absolute Gasteiger partial charge is 0.246 e. The van der Waals surface area contributed by atoms with E-state index in [0.717, 1.165) is 52.5 Å². The molecule has 192 valence electrons. The van der Waals surface area contributed by atoms with Crippen molar-refractivity contribution in [1.82, 2.24) is 14.5 Å². The fraction of sp³-hybridized carbons (Fsp3) is 0.276. The molecule has 3 aliphatic heterocycles. The number of benzene rings is 2. The van der Waals surface area contributed by atoms with Crippen LogP contribution in [0.2, 0.25) is 0 Å². The Hall–Kier alpha value is -4.53. The highest BCUT2D eigenvalue weighted by Crippen LogP contribution is 2.48. The maximum Gasteiger partial charge on any atom is 0.246 e. The van der Waals surface area contributed by atoms with Crippen LogP contribution >= 0.6 is 0 Å². The summed E-state index contributed by atoms with van der Waals surface area (Å²) in [6.45, 7) is 5.62. The van der Waals surface area contributed by atoms with Crippen LogP contribution in [-0.2, 0) is 16.1 Å². The fourth-order valence-corrected chi connectivity index (χ4v) is 4.98. The molecule has 0 radical (unpaired) electrons. The third-order valence-corrected chi connectivity index (χ3v) is 7.41. The number of amides is 2. The third-order valence-electron chi connectivity index (χ3n) is 7.41. The SMILES string of the molecule is CN=c1ncc2cc(-c3cc(NC(=O)C4(C(=O)Nc5ccc(C)cc5)CC4)ccc3C)c3n(c-2n1)CCN3. The van der Waals surface area contributed by atoms with Gasteiger partial charge in [-0.2, -0.15) is 4.98 Å². The summed E-state index contributed by atoms with van der Waals surface area (Å²) in [6.07, 6.45) is 2.85. The van der Waals surface area contributed by atoms with Gasteiger partial charge in [-0.05, 0) is 68.1 Å². The minimum atomic E-state index is -1.04. The maximum atomic E-state index is 13.3. The van der Waals surface area contributed by atoms with Crippen LogP contribution in [0.1, 0.15) is 24.0 Å². The number of anilines is 3. The Morgan fingerprint density at radius 1 is 0.974 bits per heavy atom. The Bertz CT molecular complexity index is 1620. The average Bonchev–Trinajstić information content (AvgIpc) is 3.60. The zero-order chi connectivity index (χ0) is 26.4. The third kappa shape index (κ3) is 4.09. The van der Waals surface area contributed by atoms with E-state index in [1.165, 1.54) is 0 Å². The molecule has 9 heteroatoms. The highest BCUT2D eigenvalue weighted by atomic mass is 16.2. The summed E-state index contributed by atoms with van der Waals surface area (Å²) < 4.78 is 2.15. The molecule has 0 bridgehead atoms. The van der Waals surface area contributed by atoms with Crippen LogP contribution in [0.5, 0.6) is 0 Å². The Balaban J connectivity index is 1.30.